The summed E-state index contributed by atoms with van der Waals surface area (Å²) in [5.41, 5.74) is 2.15. The van der Waals surface area contributed by atoms with E-state index >= 15 is 0 Å². The molecular formula is C19H12F2N2O+2. The minimum Gasteiger partial charge on any atom is -0.368 e. The van der Waals surface area contributed by atoms with Gasteiger partial charge in [0, 0.05) is 30.3 Å². The van der Waals surface area contributed by atoms with Crippen LogP contribution < -0.4 is 9.13 Å². The molecule has 0 bridgehead atoms. The normalized spacial score (nSPS) is 19.8. The van der Waals surface area contributed by atoms with Crippen molar-refractivity contribution in [1.82, 2.24) is 0 Å². The van der Waals surface area contributed by atoms with Gasteiger partial charge in [-0.2, -0.15) is 0 Å². The molecule has 0 aliphatic carbocycles. The molecule has 5 heteroatoms. The molecule has 0 N–H and O–H groups in total. The Morgan fingerprint density at radius 1 is 0.917 bits per heavy atom. The van der Waals surface area contributed by atoms with Gasteiger partial charge < -0.3 is 4.74 Å². The third-order valence-corrected chi connectivity index (χ3v) is 4.59. The molecule has 116 valence electrons. The number of nitrogens with zero attached hydrogens (tertiary/aromatic N) is 2. The van der Waals surface area contributed by atoms with Gasteiger partial charge in [0.05, 0.1) is 0 Å². The fourth-order valence-corrected chi connectivity index (χ4v) is 3.69. The predicted octanol–water partition coefficient (Wildman–Crippen LogP) is 2.73. The number of ether oxygens (including phenoxy) is 1. The zero-order valence-corrected chi connectivity index (χ0v) is 12.5. The van der Waals surface area contributed by atoms with Crippen molar-refractivity contribution >= 4 is 5.76 Å². The molecule has 2 aromatic heterocycles. The van der Waals surface area contributed by atoms with Crippen LogP contribution in [-0.4, -0.2) is 0 Å². The smallest absolute Gasteiger partial charge is 0.368 e. The third kappa shape index (κ3) is 1.40. The quantitative estimate of drug-likeness (QED) is 0.582. The molecule has 1 unspecified atom stereocenters. The van der Waals surface area contributed by atoms with E-state index in [1.165, 1.54) is 6.07 Å². The molecule has 0 amide bonds. The molecule has 2 aliphatic heterocycles. The Labute approximate surface area is 136 Å². The Bertz CT molecular complexity index is 1050. The number of fused-ring (bicyclic) bond motifs is 7. The molecule has 2 aliphatic rings. The average molecular weight is 322 g/mol. The van der Waals surface area contributed by atoms with Crippen LogP contribution in [0, 0.1) is 11.6 Å². The molecule has 5 rings (SSSR count). The van der Waals surface area contributed by atoms with Gasteiger partial charge in [0.2, 0.25) is 5.69 Å². The van der Waals surface area contributed by atoms with Gasteiger partial charge in [-0.3, -0.25) is 0 Å². The fraction of sp³-hybridized carbons (Fsp3) is 0.0526. The van der Waals surface area contributed by atoms with Gasteiger partial charge in [-0.25, -0.2) is 8.78 Å². The second-order valence-electron chi connectivity index (χ2n) is 5.86. The van der Waals surface area contributed by atoms with E-state index in [1.54, 1.807) is 12.3 Å². The van der Waals surface area contributed by atoms with E-state index in [-0.39, 0.29) is 0 Å². The summed E-state index contributed by atoms with van der Waals surface area (Å²) in [6, 6.07) is 13.3. The van der Waals surface area contributed by atoms with E-state index in [0.717, 1.165) is 11.8 Å². The van der Waals surface area contributed by atoms with E-state index in [1.807, 2.05) is 45.7 Å². The summed E-state index contributed by atoms with van der Waals surface area (Å²) in [4.78, 5) is 0. The third-order valence-electron chi connectivity index (χ3n) is 4.59. The molecule has 4 heterocycles. The average Bonchev–Trinajstić information content (AvgIpc) is 3.03. The van der Waals surface area contributed by atoms with Gasteiger partial charge in [-0.1, -0.05) is 9.13 Å². The standard InChI is InChI=1S/C19H12F2N2O/c1-12-16-6-2-4-8-22(16)19(24-12)14-10-13(20)11-15(21)18(14)17-7-3-5-9-23(17)19/h2-11H,1H2/q+2. The number of halogens is 2. The lowest BCUT2D eigenvalue weighted by molar-refractivity contribution is -1.00. The summed E-state index contributed by atoms with van der Waals surface area (Å²) in [6.07, 6.45) is 3.63. The van der Waals surface area contributed by atoms with Crippen LogP contribution in [0.3, 0.4) is 0 Å². The molecule has 1 aromatic carbocycles. The van der Waals surface area contributed by atoms with Crippen molar-refractivity contribution in [1.29, 1.82) is 0 Å². The Hall–Kier alpha value is -3.08. The van der Waals surface area contributed by atoms with Crippen molar-refractivity contribution in [2.24, 2.45) is 0 Å². The van der Waals surface area contributed by atoms with Crippen molar-refractivity contribution in [2.45, 2.75) is 5.85 Å². The minimum absolute atomic E-state index is 0.342. The van der Waals surface area contributed by atoms with Crippen LogP contribution in [0.25, 0.3) is 17.0 Å². The highest BCUT2D eigenvalue weighted by atomic mass is 19.1. The molecule has 0 saturated carbocycles. The maximum absolute atomic E-state index is 14.6. The number of hydrogen-bond acceptors (Lipinski definition) is 1. The lowest BCUT2D eigenvalue weighted by atomic mass is 10.0. The van der Waals surface area contributed by atoms with Crippen molar-refractivity contribution in [3.63, 3.8) is 0 Å². The van der Waals surface area contributed by atoms with Crippen molar-refractivity contribution in [3.8, 4) is 11.3 Å². The van der Waals surface area contributed by atoms with Gasteiger partial charge in [-0.05, 0) is 24.8 Å². The Morgan fingerprint density at radius 3 is 2.33 bits per heavy atom. The zero-order chi connectivity index (χ0) is 16.5. The summed E-state index contributed by atoms with van der Waals surface area (Å²) < 4.78 is 38.4. The van der Waals surface area contributed by atoms with E-state index < -0.39 is 17.5 Å². The number of pyridine rings is 2. The second kappa shape index (κ2) is 4.26. The first-order valence-corrected chi connectivity index (χ1v) is 7.53. The van der Waals surface area contributed by atoms with E-state index in [4.69, 9.17) is 4.74 Å². The monoisotopic (exact) mass is 322 g/mol. The van der Waals surface area contributed by atoms with Gasteiger partial charge in [0.25, 0.3) is 5.69 Å². The number of hydrogen-bond donors (Lipinski definition) is 0. The van der Waals surface area contributed by atoms with E-state index in [0.29, 0.717) is 22.6 Å². The first kappa shape index (κ1) is 13.4. The molecule has 1 atom stereocenters. The summed E-state index contributed by atoms with van der Waals surface area (Å²) in [7, 11) is 0. The zero-order valence-electron chi connectivity index (χ0n) is 12.5. The maximum Gasteiger partial charge on any atom is 0.555 e. The summed E-state index contributed by atoms with van der Waals surface area (Å²) in [6.45, 7) is 3.96. The first-order chi connectivity index (χ1) is 11.6. The van der Waals surface area contributed by atoms with Crippen molar-refractivity contribution < 1.29 is 22.7 Å². The number of benzene rings is 1. The van der Waals surface area contributed by atoms with Crippen LogP contribution in [0.5, 0.6) is 0 Å². The Kier molecular flexibility index (Phi) is 2.37. The lowest BCUT2D eigenvalue weighted by Gasteiger charge is -2.13. The maximum atomic E-state index is 14.6. The molecule has 1 spiro atoms. The molecule has 3 nitrogen and oxygen atoms in total. The highest BCUT2D eigenvalue weighted by Gasteiger charge is 2.68. The van der Waals surface area contributed by atoms with Crippen molar-refractivity contribution in [2.75, 3.05) is 0 Å². The highest BCUT2D eigenvalue weighted by Crippen LogP contribution is 2.43. The minimum atomic E-state index is -1.21. The van der Waals surface area contributed by atoms with Gasteiger partial charge >= 0.3 is 5.85 Å². The predicted molar refractivity (Wildman–Crippen MR) is 81.2 cm³/mol. The molecule has 0 fully saturated rings. The van der Waals surface area contributed by atoms with Crippen molar-refractivity contribution in [3.05, 3.63) is 90.4 Å². The lowest BCUT2D eigenvalue weighted by Crippen LogP contribution is -2.71. The summed E-state index contributed by atoms with van der Waals surface area (Å²) in [5, 5.41) is 0. The van der Waals surface area contributed by atoms with E-state index in [9.17, 15) is 8.78 Å². The van der Waals surface area contributed by atoms with Crippen LogP contribution in [0.2, 0.25) is 0 Å². The number of rotatable bonds is 0. The van der Waals surface area contributed by atoms with Gasteiger partial charge in [-0.15, -0.1) is 0 Å². The van der Waals surface area contributed by atoms with E-state index in [2.05, 4.69) is 6.58 Å². The Morgan fingerprint density at radius 2 is 1.58 bits per heavy atom. The summed E-state index contributed by atoms with van der Waals surface area (Å²) >= 11 is 0. The van der Waals surface area contributed by atoms with Crippen LogP contribution in [0.4, 0.5) is 8.78 Å². The van der Waals surface area contributed by atoms with Gasteiger partial charge in [0.15, 0.2) is 23.7 Å². The second-order valence-corrected chi connectivity index (χ2v) is 5.86. The molecular weight excluding hydrogens is 310 g/mol. The fourth-order valence-electron chi connectivity index (χ4n) is 3.69. The highest BCUT2D eigenvalue weighted by molar-refractivity contribution is 5.67. The van der Waals surface area contributed by atoms with Crippen LogP contribution in [-0.2, 0) is 10.6 Å². The topological polar surface area (TPSA) is 17.0 Å². The van der Waals surface area contributed by atoms with Gasteiger partial charge in [0.1, 0.15) is 17.2 Å². The van der Waals surface area contributed by atoms with Crippen LogP contribution >= 0.6 is 0 Å². The number of aromatic nitrogens is 2. The first-order valence-electron chi connectivity index (χ1n) is 7.53. The summed E-state index contributed by atoms with van der Waals surface area (Å²) in [5.74, 6) is -2.00. The largest absolute Gasteiger partial charge is 0.555 e. The van der Waals surface area contributed by atoms with Crippen LogP contribution in [0.15, 0.2) is 67.5 Å². The molecule has 3 aromatic rings. The van der Waals surface area contributed by atoms with Crippen LogP contribution in [0.1, 0.15) is 11.3 Å². The Balaban J connectivity index is 1.98. The molecule has 24 heavy (non-hydrogen) atoms. The molecule has 0 radical (unpaired) electrons. The molecule has 0 saturated heterocycles. The SMILES string of the molecule is C=C1OC2(c3cc(F)cc(F)c3-c3cccc[n+]32)[n+]2ccccc21.